The van der Waals surface area contributed by atoms with Gasteiger partial charge in [-0.25, -0.2) is 0 Å². The van der Waals surface area contributed by atoms with Crippen molar-refractivity contribution in [1.82, 2.24) is 0 Å². The molecule has 0 aromatic carbocycles. The first-order chi connectivity index (χ1) is 8.91. The van der Waals surface area contributed by atoms with Gasteiger partial charge < -0.3 is 0 Å². The van der Waals surface area contributed by atoms with Crippen molar-refractivity contribution >= 4 is 51.9 Å². The van der Waals surface area contributed by atoms with Crippen LogP contribution in [0.3, 0.4) is 0 Å². The van der Waals surface area contributed by atoms with Crippen LogP contribution >= 0.6 is 7.92 Å². The molecule has 19 heavy (non-hydrogen) atoms. The zero-order chi connectivity index (χ0) is 14.7. The third-order valence-corrected chi connectivity index (χ3v) is 13.7. The number of hydrogen-bond donors (Lipinski definition) is 0. The first-order valence-corrected chi connectivity index (χ1v) is 24.7. The average Bonchev–Trinajstić information content (AvgIpc) is 2.26. The zero-order valence-corrected chi connectivity index (χ0v) is 20.7. The van der Waals surface area contributed by atoms with Crippen LogP contribution in [-0.2, 0) is 0 Å². The van der Waals surface area contributed by atoms with Crippen LogP contribution in [0.25, 0.3) is 0 Å². The summed E-state index contributed by atoms with van der Waals surface area (Å²) in [6.07, 6.45) is 9.55. The Morgan fingerprint density at radius 1 is 0.526 bits per heavy atom. The normalized spacial score (nSPS) is 12.3. The molecule has 4 heteroatoms. The molecule has 0 bridgehead atoms. The van der Waals surface area contributed by atoms with Gasteiger partial charge in [-0.2, -0.15) is 0 Å². The van der Waals surface area contributed by atoms with E-state index < -0.39 is 0 Å². The predicted molar refractivity (Wildman–Crippen MR) is 102 cm³/mol. The van der Waals surface area contributed by atoms with Crippen molar-refractivity contribution in [2.24, 2.45) is 0 Å². The molecular weight excluding hydrogens is 436 g/mol. The van der Waals surface area contributed by atoms with Crippen molar-refractivity contribution in [2.75, 3.05) is 18.5 Å². The summed E-state index contributed by atoms with van der Waals surface area (Å²) in [5.74, 6) is 0. The molecule has 116 valence electrons. The van der Waals surface area contributed by atoms with Gasteiger partial charge in [0.25, 0.3) is 0 Å². The summed E-state index contributed by atoms with van der Waals surface area (Å²) in [5.41, 5.74) is 15.1. The van der Waals surface area contributed by atoms with E-state index in [0.717, 1.165) is 0 Å². The van der Waals surface area contributed by atoms with E-state index >= 15 is 0 Å². The molecule has 0 rings (SSSR count). The second-order valence-electron chi connectivity index (χ2n) is 6.31. The Morgan fingerprint density at radius 2 is 0.789 bits per heavy atom. The first kappa shape index (κ1) is 21.1. The van der Waals surface area contributed by atoms with E-state index in [9.17, 15) is 0 Å². The molecule has 0 saturated carbocycles. The molecule has 0 amide bonds. The van der Waals surface area contributed by atoms with Gasteiger partial charge >= 0.3 is 140 Å². The maximum absolute atomic E-state index is 2.52. The molecule has 0 aliphatic carbocycles. The Balaban J connectivity index is 3.85. The molecule has 0 saturated heterocycles. The van der Waals surface area contributed by atoms with E-state index in [4.69, 9.17) is 0 Å². The fraction of sp³-hybridized carbons (Fsp3) is 1.00. The summed E-state index contributed by atoms with van der Waals surface area (Å²) in [6.45, 7) is 0. The van der Waals surface area contributed by atoms with E-state index in [1.807, 2.05) is 0 Å². The molecule has 0 aromatic heterocycles. The van der Waals surface area contributed by atoms with Crippen LogP contribution in [0.2, 0.25) is 49.9 Å². The predicted octanol–water partition coefficient (Wildman–Crippen LogP) is 5.90. The van der Waals surface area contributed by atoms with Gasteiger partial charge in [0.2, 0.25) is 0 Å². The second-order valence-corrected chi connectivity index (χ2v) is 25.4. The summed E-state index contributed by atoms with van der Waals surface area (Å²) >= 11 is -1.05. The topological polar surface area (TPSA) is 0 Å². The molecule has 0 nitrogen and oxygen atoms in total. The quantitative estimate of drug-likeness (QED) is 0.245. The van der Waals surface area contributed by atoms with Crippen molar-refractivity contribution in [3.05, 3.63) is 0 Å². The van der Waals surface area contributed by atoms with Gasteiger partial charge in [-0.1, -0.05) is 0 Å². The van der Waals surface area contributed by atoms with Crippen LogP contribution in [0, 0.1) is 0 Å². The summed E-state index contributed by atoms with van der Waals surface area (Å²) in [5, 5.41) is 4.81. The molecule has 0 aliphatic heterocycles. The summed E-state index contributed by atoms with van der Waals surface area (Å²) < 4.78 is 0. The first-order valence-electron chi connectivity index (χ1n) is 7.58. The van der Waals surface area contributed by atoms with E-state index in [0.29, 0.717) is 7.92 Å². The molecule has 0 aromatic rings. The molecule has 0 fully saturated rings. The van der Waals surface area contributed by atoms with Crippen molar-refractivity contribution in [3.8, 4) is 0 Å². The fourth-order valence-electron chi connectivity index (χ4n) is 2.17. The SMILES string of the molecule is C[As](C)CCCP(CCC[As](C)C)CCC[As](C)C. The van der Waals surface area contributed by atoms with Gasteiger partial charge in [0.05, 0.1) is 0 Å². The van der Waals surface area contributed by atoms with Crippen molar-refractivity contribution in [1.29, 1.82) is 0 Å². The zero-order valence-electron chi connectivity index (χ0n) is 14.2. The van der Waals surface area contributed by atoms with Gasteiger partial charge in [0.15, 0.2) is 0 Å². The molecule has 0 atom stereocenters. The Morgan fingerprint density at radius 3 is 1.00 bits per heavy atom. The van der Waals surface area contributed by atoms with Crippen LogP contribution < -0.4 is 0 Å². The Hall–Kier alpha value is 2.11. The van der Waals surface area contributed by atoms with Gasteiger partial charge in [-0.15, -0.1) is 0 Å². The van der Waals surface area contributed by atoms with Crippen LogP contribution in [0.5, 0.6) is 0 Å². The molecule has 0 unspecified atom stereocenters. The minimum atomic E-state index is -0.351. The van der Waals surface area contributed by atoms with E-state index in [2.05, 4.69) is 34.3 Å². The molecule has 0 radical (unpaired) electrons. The molecule has 0 aliphatic rings. The monoisotopic (exact) mass is 472 g/mol. The van der Waals surface area contributed by atoms with E-state index in [1.54, 1.807) is 53.4 Å². The van der Waals surface area contributed by atoms with Crippen LogP contribution in [0.4, 0.5) is 0 Å². The van der Waals surface area contributed by atoms with Gasteiger partial charge in [0.1, 0.15) is 0 Å². The Bertz CT molecular complexity index is 163. The standard InChI is InChI=1S/C15H36As3P/c1-16(2)10-7-13-19(14-8-11-17(3)4)15-9-12-18(5)6/h7-15H2,1-6H3. The van der Waals surface area contributed by atoms with E-state index in [-0.39, 0.29) is 44.0 Å². The van der Waals surface area contributed by atoms with Crippen LogP contribution in [-0.4, -0.2) is 62.4 Å². The maximum atomic E-state index is 2.52. The fourth-order valence-corrected chi connectivity index (χ4v) is 11.3. The molecular formula is C15H36As3P. The second kappa shape index (κ2) is 13.7. The average molecular weight is 472 g/mol. The van der Waals surface area contributed by atoms with Gasteiger partial charge in [-0.3, -0.25) is 0 Å². The third kappa shape index (κ3) is 16.3. The van der Waals surface area contributed by atoms with Crippen molar-refractivity contribution < 1.29 is 0 Å². The minimum absolute atomic E-state index is 0.351. The molecule has 0 N–H and O–H groups in total. The van der Waals surface area contributed by atoms with E-state index in [1.165, 1.54) is 0 Å². The Labute approximate surface area is 138 Å². The third-order valence-electron chi connectivity index (χ3n) is 3.24. The van der Waals surface area contributed by atoms with Gasteiger partial charge in [-0.05, 0) is 0 Å². The van der Waals surface area contributed by atoms with Crippen molar-refractivity contribution in [3.63, 3.8) is 0 Å². The summed E-state index contributed by atoms with van der Waals surface area (Å²) in [4.78, 5) is 0. The molecule has 0 heterocycles. The Kier molecular flexibility index (Phi) is 15.3. The number of rotatable bonds is 12. The van der Waals surface area contributed by atoms with Crippen LogP contribution in [0.1, 0.15) is 19.3 Å². The van der Waals surface area contributed by atoms with Gasteiger partial charge in [0, 0.05) is 0 Å². The number of hydrogen-bond acceptors (Lipinski definition) is 0. The van der Waals surface area contributed by atoms with Crippen molar-refractivity contribution in [2.45, 2.75) is 69.2 Å². The summed E-state index contributed by atoms with van der Waals surface area (Å²) in [6, 6.07) is 0. The van der Waals surface area contributed by atoms with Crippen LogP contribution in [0.15, 0.2) is 0 Å². The molecule has 0 spiro atoms. The summed E-state index contributed by atoms with van der Waals surface area (Å²) in [7, 11) is 0.417.